The third kappa shape index (κ3) is 2.25. The third-order valence-electron chi connectivity index (χ3n) is 2.40. The Morgan fingerprint density at radius 1 is 1.35 bits per heavy atom. The zero-order chi connectivity index (χ0) is 12.4. The number of nitrogens with two attached hydrogens (primary N) is 1. The fraction of sp³-hybridized carbons (Fsp3) is 0.182. The highest BCUT2D eigenvalue weighted by Gasteiger charge is 2.04. The van der Waals surface area contributed by atoms with Crippen LogP contribution in [0.3, 0.4) is 0 Å². The van der Waals surface area contributed by atoms with E-state index in [9.17, 15) is 9.59 Å². The van der Waals surface area contributed by atoms with E-state index >= 15 is 0 Å². The molecule has 2 N–H and O–H groups in total. The molecule has 0 aliphatic heterocycles. The van der Waals surface area contributed by atoms with Crippen molar-refractivity contribution in [3.8, 4) is 0 Å². The van der Waals surface area contributed by atoms with Crippen LogP contribution in [0.25, 0.3) is 0 Å². The predicted molar refractivity (Wildman–Crippen MR) is 63.7 cm³/mol. The van der Waals surface area contributed by atoms with Gasteiger partial charge in [-0.25, -0.2) is 4.79 Å². The summed E-state index contributed by atoms with van der Waals surface area (Å²) >= 11 is 0. The molecule has 0 amide bonds. The van der Waals surface area contributed by atoms with Crippen molar-refractivity contribution >= 4 is 5.69 Å². The molecule has 0 atom stereocenters. The maximum Gasteiger partial charge on any atom is 0.331 e. The van der Waals surface area contributed by atoms with Gasteiger partial charge in [0.1, 0.15) is 0 Å². The second-order valence-corrected chi connectivity index (χ2v) is 3.71. The number of anilines is 1. The molecule has 2 aromatic heterocycles. The number of aryl methyl sites for hydroxylation is 1. The summed E-state index contributed by atoms with van der Waals surface area (Å²) in [7, 11) is 1.59. The van der Waals surface area contributed by atoms with Gasteiger partial charge in [-0.3, -0.25) is 14.3 Å². The number of rotatable bonds is 2. The Hall–Kier alpha value is -2.37. The summed E-state index contributed by atoms with van der Waals surface area (Å²) in [5, 5.41) is 0. The van der Waals surface area contributed by atoms with Crippen molar-refractivity contribution in [2.75, 3.05) is 5.73 Å². The average molecular weight is 232 g/mol. The van der Waals surface area contributed by atoms with Gasteiger partial charge in [0.05, 0.1) is 12.2 Å². The smallest absolute Gasteiger partial charge is 0.331 e. The monoisotopic (exact) mass is 232 g/mol. The normalized spacial score (nSPS) is 10.4. The molecular formula is C11H12N4O2. The Labute approximate surface area is 97.0 Å². The van der Waals surface area contributed by atoms with Crippen LogP contribution in [-0.2, 0) is 13.6 Å². The summed E-state index contributed by atoms with van der Waals surface area (Å²) in [6.07, 6.45) is 2.98. The van der Waals surface area contributed by atoms with Gasteiger partial charge in [-0.05, 0) is 12.1 Å². The molecule has 6 heteroatoms. The van der Waals surface area contributed by atoms with Crippen LogP contribution in [0, 0.1) is 0 Å². The van der Waals surface area contributed by atoms with Crippen molar-refractivity contribution < 1.29 is 0 Å². The summed E-state index contributed by atoms with van der Waals surface area (Å²) < 4.78 is 2.45. The van der Waals surface area contributed by atoms with Gasteiger partial charge in [0.15, 0.2) is 0 Å². The van der Waals surface area contributed by atoms with E-state index in [1.165, 1.54) is 16.8 Å². The number of hydrogen-bond acceptors (Lipinski definition) is 4. The van der Waals surface area contributed by atoms with E-state index in [0.29, 0.717) is 11.4 Å². The first-order chi connectivity index (χ1) is 8.08. The van der Waals surface area contributed by atoms with E-state index < -0.39 is 0 Å². The number of pyridine rings is 1. The van der Waals surface area contributed by atoms with Crippen LogP contribution in [-0.4, -0.2) is 14.1 Å². The minimum absolute atomic E-state index is 0.122. The van der Waals surface area contributed by atoms with Crippen LogP contribution < -0.4 is 17.0 Å². The van der Waals surface area contributed by atoms with Gasteiger partial charge in [0.25, 0.3) is 5.56 Å². The van der Waals surface area contributed by atoms with Crippen molar-refractivity contribution in [2.45, 2.75) is 6.54 Å². The van der Waals surface area contributed by atoms with Gasteiger partial charge in [0.2, 0.25) is 0 Å². The molecule has 17 heavy (non-hydrogen) atoms. The summed E-state index contributed by atoms with van der Waals surface area (Å²) in [5.74, 6) is 0. The molecule has 88 valence electrons. The molecule has 0 bridgehead atoms. The molecule has 0 saturated heterocycles. The van der Waals surface area contributed by atoms with E-state index in [-0.39, 0.29) is 17.8 Å². The minimum Gasteiger partial charge on any atom is -0.399 e. The third-order valence-corrected chi connectivity index (χ3v) is 2.40. The lowest BCUT2D eigenvalue weighted by Gasteiger charge is -2.06. The van der Waals surface area contributed by atoms with Crippen LogP contribution in [0.15, 0.2) is 40.2 Å². The molecule has 0 aliphatic carbocycles. The lowest BCUT2D eigenvalue weighted by Crippen LogP contribution is -2.38. The average Bonchev–Trinajstić information content (AvgIpc) is 2.30. The van der Waals surface area contributed by atoms with Crippen molar-refractivity contribution in [1.29, 1.82) is 0 Å². The van der Waals surface area contributed by atoms with E-state index in [0.717, 1.165) is 4.57 Å². The van der Waals surface area contributed by atoms with Crippen molar-refractivity contribution in [1.82, 2.24) is 14.1 Å². The van der Waals surface area contributed by atoms with Gasteiger partial charge in [-0.1, -0.05) is 0 Å². The van der Waals surface area contributed by atoms with Gasteiger partial charge in [-0.2, -0.15) is 0 Å². The number of nitrogen functional groups attached to an aromatic ring is 1. The Morgan fingerprint density at radius 2 is 2.12 bits per heavy atom. The van der Waals surface area contributed by atoms with E-state index in [1.807, 2.05) is 0 Å². The first-order valence-corrected chi connectivity index (χ1v) is 5.05. The van der Waals surface area contributed by atoms with E-state index in [1.54, 1.807) is 25.4 Å². The van der Waals surface area contributed by atoms with Crippen LogP contribution in [0.2, 0.25) is 0 Å². The van der Waals surface area contributed by atoms with Crippen LogP contribution in [0.1, 0.15) is 5.69 Å². The highest BCUT2D eigenvalue weighted by atomic mass is 16.2. The standard InChI is InChI=1S/C11H12N4O2/c1-14-5-3-10(16)15(11(14)17)7-9-6-8(12)2-4-13-9/h2-6H,7H2,1H3,(H2,12,13). The zero-order valence-corrected chi connectivity index (χ0v) is 9.33. The van der Waals surface area contributed by atoms with Crippen molar-refractivity contribution in [2.24, 2.45) is 7.05 Å². The summed E-state index contributed by atoms with van der Waals surface area (Å²) in [6, 6.07) is 4.63. The molecule has 0 unspecified atom stereocenters. The largest absolute Gasteiger partial charge is 0.399 e. The van der Waals surface area contributed by atoms with Gasteiger partial charge in [0, 0.05) is 31.2 Å². The SMILES string of the molecule is Cn1ccc(=O)n(Cc2cc(N)ccn2)c1=O. The van der Waals surface area contributed by atoms with Crippen molar-refractivity contribution in [3.05, 3.63) is 57.1 Å². The van der Waals surface area contributed by atoms with Gasteiger partial charge >= 0.3 is 5.69 Å². The highest BCUT2D eigenvalue weighted by molar-refractivity contribution is 5.37. The molecule has 0 spiro atoms. The van der Waals surface area contributed by atoms with E-state index in [4.69, 9.17) is 5.73 Å². The molecule has 0 aliphatic rings. The second kappa shape index (κ2) is 4.25. The minimum atomic E-state index is -0.373. The van der Waals surface area contributed by atoms with Crippen LogP contribution in [0.5, 0.6) is 0 Å². The number of nitrogens with zero attached hydrogens (tertiary/aromatic N) is 3. The second-order valence-electron chi connectivity index (χ2n) is 3.71. The molecule has 2 aromatic rings. The fourth-order valence-corrected chi connectivity index (χ4v) is 1.50. The predicted octanol–water partition coefficient (Wildman–Crippen LogP) is -0.428. The topological polar surface area (TPSA) is 82.9 Å². The van der Waals surface area contributed by atoms with Crippen LogP contribution in [0.4, 0.5) is 5.69 Å². The molecule has 0 aromatic carbocycles. The van der Waals surface area contributed by atoms with Gasteiger partial charge < -0.3 is 10.3 Å². The maximum absolute atomic E-state index is 11.7. The molecule has 0 saturated carbocycles. The Kier molecular flexibility index (Phi) is 2.78. The lowest BCUT2D eigenvalue weighted by molar-refractivity contribution is 0.631. The molecular weight excluding hydrogens is 220 g/mol. The fourth-order valence-electron chi connectivity index (χ4n) is 1.50. The Morgan fingerprint density at radius 3 is 2.82 bits per heavy atom. The number of aromatic nitrogens is 3. The van der Waals surface area contributed by atoms with Crippen molar-refractivity contribution in [3.63, 3.8) is 0 Å². The summed E-state index contributed by atoms with van der Waals surface area (Å²) in [6.45, 7) is 0.122. The van der Waals surface area contributed by atoms with E-state index in [2.05, 4.69) is 4.98 Å². The molecule has 2 heterocycles. The maximum atomic E-state index is 11.7. The highest BCUT2D eigenvalue weighted by Crippen LogP contribution is 2.02. The molecule has 0 fully saturated rings. The zero-order valence-electron chi connectivity index (χ0n) is 9.33. The summed E-state index contributed by atoms with van der Waals surface area (Å²) in [5.41, 5.74) is 6.02. The van der Waals surface area contributed by atoms with Crippen LogP contribution >= 0.6 is 0 Å². The molecule has 0 radical (unpaired) electrons. The summed E-state index contributed by atoms with van der Waals surface area (Å²) in [4.78, 5) is 27.4. The first kappa shape index (κ1) is 11.1. The lowest BCUT2D eigenvalue weighted by atomic mass is 10.3. The Bertz CT molecular complexity index is 657. The quantitative estimate of drug-likeness (QED) is 0.761. The number of hydrogen-bond donors (Lipinski definition) is 1. The first-order valence-electron chi connectivity index (χ1n) is 5.05. The Balaban J connectivity index is 2.47. The molecule has 2 rings (SSSR count). The van der Waals surface area contributed by atoms with Gasteiger partial charge in [-0.15, -0.1) is 0 Å². The molecule has 6 nitrogen and oxygen atoms in total.